The van der Waals surface area contributed by atoms with Crippen LogP contribution >= 0.6 is 0 Å². The van der Waals surface area contributed by atoms with Gasteiger partial charge >= 0.3 is 0 Å². The average molecular weight is 313 g/mol. The van der Waals surface area contributed by atoms with Crippen LogP contribution in [0.3, 0.4) is 0 Å². The minimum atomic E-state index is 0.759. The summed E-state index contributed by atoms with van der Waals surface area (Å²) >= 11 is 0. The minimum absolute atomic E-state index is 0.759. The Labute approximate surface area is 138 Å². The van der Waals surface area contributed by atoms with E-state index in [0.717, 1.165) is 30.4 Å². The highest BCUT2D eigenvalue weighted by atomic mass is 15.2. The Morgan fingerprint density at radius 3 is 3.13 bits per heavy atom. The molecular weight excluding hydrogens is 286 g/mol. The van der Waals surface area contributed by atoms with Gasteiger partial charge in [-0.2, -0.15) is 5.10 Å². The second-order valence-corrected chi connectivity index (χ2v) is 6.42. The molecule has 5 heteroatoms. The van der Waals surface area contributed by atoms with Crippen LogP contribution in [0.15, 0.2) is 30.7 Å². The summed E-state index contributed by atoms with van der Waals surface area (Å²) in [5, 5.41) is 10.8. The van der Waals surface area contributed by atoms with Crippen molar-refractivity contribution >= 4 is 0 Å². The molecule has 1 aliphatic heterocycles. The van der Waals surface area contributed by atoms with Crippen LogP contribution in [0, 0.1) is 0 Å². The van der Waals surface area contributed by atoms with Gasteiger partial charge in [0, 0.05) is 36.1 Å². The fraction of sp³-hybridized carbons (Fsp3) is 0.556. The predicted octanol–water partition coefficient (Wildman–Crippen LogP) is 2.83. The summed E-state index contributed by atoms with van der Waals surface area (Å²) in [7, 11) is 0. The molecule has 0 bridgehead atoms. The number of aromatic amines is 1. The topological polar surface area (TPSA) is 56.8 Å². The van der Waals surface area contributed by atoms with Gasteiger partial charge in [-0.05, 0) is 58.0 Å². The molecule has 23 heavy (non-hydrogen) atoms. The lowest BCUT2D eigenvalue weighted by Gasteiger charge is -2.33. The lowest BCUT2D eigenvalue weighted by Crippen LogP contribution is -2.38. The number of rotatable bonds is 7. The fourth-order valence-electron chi connectivity index (χ4n) is 3.33. The SMILES string of the molecule is CC1CCCCN1CCCNCc1cn[nH]c1-c1cccnc1. The quantitative estimate of drug-likeness (QED) is 0.772. The van der Waals surface area contributed by atoms with Gasteiger partial charge in [-0.15, -0.1) is 0 Å². The Morgan fingerprint density at radius 2 is 2.30 bits per heavy atom. The zero-order valence-electron chi connectivity index (χ0n) is 14.0. The van der Waals surface area contributed by atoms with Gasteiger partial charge in [-0.3, -0.25) is 10.1 Å². The normalized spacial score (nSPS) is 19.1. The van der Waals surface area contributed by atoms with Crippen LogP contribution in [0.5, 0.6) is 0 Å². The first-order valence-electron chi connectivity index (χ1n) is 8.72. The van der Waals surface area contributed by atoms with E-state index in [4.69, 9.17) is 0 Å². The first kappa shape index (κ1) is 16.1. The number of nitrogens with one attached hydrogen (secondary N) is 2. The molecule has 3 rings (SSSR count). The summed E-state index contributed by atoms with van der Waals surface area (Å²) in [5.41, 5.74) is 3.35. The van der Waals surface area contributed by atoms with E-state index in [1.165, 1.54) is 44.3 Å². The molecule has 2 aromatic heterocycles. The second kappa shape index (κ2) is 8.22. The molecule has 1 atom stereocenters. The molecule has 124 valence electrons. The molecular formula is C18H27N5. The standard InChI is InChI=1S/C18H27N5/c1-15-6-2-3-10-23(15)11-5-9-20-13-17-14-21-22-18(17)16-7-4-8-19-12-16/h4,7-8,12,14-15,20H,2-3,5-6,9-11,13H2,1H3,(H,21,22). The van der Waals surface area contributed by atoms with Gasteiger partial charge in [0.15, 0.2) is 0 Å². The first-order valence-corrected chi connectivity index (χ1v) is 8.72. The lowest BCUT2D eigenvalue weighted by atomic mass is 10.0. The summed E-state index contributed by atoms with van der Waals surface area (Å²) in [6.07, 6.45) is 10.9. The number of piperidine rings is 1. The van der Waals surface area contributed by atoms with Gasteiger partial charge in [0.1, 0.15) is 0 Å². The summed E-state index contributed by atoms with van der Waals surface area (Å²) in [6.45, 7) is 6.72. The highest BCUT2D eigenvalue weighted by Crippen LogP contribution is 2.19. The van der Waals surface area contributed by atoms with Crippen LogP contribution in [0.2, 0.25) is 0 Å². The van der Waals surface area contributed by atoms with Crippen molar-refractivity contribution in [3.63, 3.8) is 0 Å². The number of aromatic nitrogens is 3. The number of hydrogen-bond acceptors (Lipinski definition) is 4. The van der Waals surface area contributed by atoms with Crippen molar-refractivity contribution in [2.75, 3.05) is 19.6 Å². The van der Waals surface area contributed by atoms with Gasteiger partial charge < -0.3 is 10.2 Å². The van der Waals surface area contributed by atoms with E-state index in [0.29, 0.717) is 0 Å². The van der Waals surface area contributed by atoms with Crippen LogP contribution in [0.25, 0.3) is 11.3 Å². The third-order valence-electron chi connectivity index (χ3n) is 4.72. The molecule has 0 amide bonds. The van der Waals surface area contributed by atoms with E-state index >= 15 is 0 Å². The van der Waals surface area contributed by atoms with E-state index in [9.17, 15) is 0 Å². The molecule has 1 saturated heterocycles. The van der Waals surface area contributed by atoms with Crippen molar-refractivity contribution in [1.29, 1.82) is 0 Å². The van der Waals surface area contributed by atoms with Gasteiger partial charge in [0.05, 0.1) is 11.9 Å². The van der Waals surface area contributed by atoms with Crippen LogP contribution < -0.4 is 5.32 Å². The van der Waals surface area contributed by atoms with E-state index in [1.54, 1.807) is 6.20 Å². The zero-order chi connectivity index (χ0) is 15.9. The van der Waals surface area contributed by atoms with Crippen LogP contribution in [0.1, 0.15) is 38.2 Å². The molecule has 0 radical (unpaired) electrons. The van der Waals surface area contributed by atoms with Crippen molar-refractivity contribution in [3.05, 3.63) is 36.3 Å². The molecule has 0 aromatic carbocycles. The number of pyridine rings is 1. The molecule has 1 fully saturated rings. The Hall–Kier alpha value is -1.72. The first-order chi connectivity index (χ1) is 11.3. The monoisotopic (exact) mass is 313 g/mol. The van der Waals surface area contributed by atoms with Crippen LogP contribution in [0.4, 0.5) is 0 Å². The molecule has 0 aliphatic carbocycles. The molecule has 1 aliphatic rings. The molecule has 2 N–H and O–H groups in total. The number of H-pyrrole nitrogens is 1. The highest BCUT2D eigenvalue weighted by Gasteiger charge is 2.17. The van der Waals surface area contributed by atoms with E-state index in [1.807, 2.05) is 18.5 Å². The van der Waals surface area contributed by atoms with Crippen molar-refractivity contribution in [2.24, 2.45) is 0 Å². The van der Waals surface area contributed by atoms with Crippen molar-refractivity contribution < 1.29 is 0 Å². The summed E-state index contributed by atoms with van der Waals surface area (Å²) < 4.78 is 0. The summed E-state index contributed by atoms with van der Waals surface area (Å²) in [5.74, 6) is 0. The Morgan fingerprint density at radius 1 is 1.35 bits per heavy atom. The van der Waals surface area contributed by atoms with Crippen LogP contribution in [-0.4, -0.2) is 45.8 Å². The van der Waals surface area contributed by atoms with E-state index in [-0.39, 0.29) is 0 Å². The minimum Gasteiger partial charge on any atom is -0.312 e. The number of likely N-dealkylation sites (tertiary alicyclic amines) is 1. The third-order valence-corrected chi connectivity index (χ3v) is 4.72. The van der Waals surface area contributed by atoms with Gasteiger partial charge in [0.25, 0.3) is 0 Å². The second-order valence-electron chi connectivity index (χ2n) is 6.42. The molecule has 0 saturated carbocycles. The van der Waals surface area contributed by atoms with Gasteiger partial charge in [0.2, 0.25) is 0 Å². The maximum absolute atomic E-state index is 4.18. The molecule has 3 heterocycles. The molecule has 0 spiro atoms. The Kier molecular flexibility index (Phi) is 5.77. The maximum Gasteiger partial charge on any atom is 0.0710 e. The Balaban J connectivity index is 1.42. The van der Waals surface area contributed by atoms with E-state index < -0.39 is 0 Å². The van der Waals surface area contributed by atoms with Crippen molar-refractivity contribution in [2.45, 2.75) is 45.2 Å². The third kappa shape index (κ3) is 4.39. The number of hydrogen-bond donors (Lipinski definition) is 2. The Bertz CT molecular complexity index is 580. The highest BCUT2D eigenvalue weighted by molar-refractivity contribution is 5.61. The lowest BCUT2D eigenvalue weighted by molar-refractivity contribution is 0.159. The van der Waals surface area contributed by atoms with Gasteiger partial charge in [-0.1, -0.05) is 6.42 Å². The molecule has 1 unspecified atom stereocenters. The van der Waals surface area contributed by atoms with Crippen molar-refractivity contribution in [1.82, 2.24) is 25.4 Å². The predicted molar refractivity (Wildman–Crippen MR) is 93.0 cm³/mol. The zero-order valence-corrected chi connectivity index (χ0v) is 14.0. The van der Waals surface area contributed by atoms with Crippen molar-refractivity contribution in [3.8, 4) is 11.3 Å². The summed E-state index contributed by atoms with van der Waals surface area (Å²) in [4.78, 5) is 6.81. The van der Waals surface area contributed by atoms with Gasteiger partial charge in [-0.25, -0.2) is 0 Å². The van der Waals surface area contributed by atoms with E-state index in [2.05, 4.69) is 38.4 Å². The smallest absolute Gasteiger partial charge is 0.0710 e. The number of nitrogens with zero attached hydrogens (tertiary/aromatic N) is 3. The average Bonchev–Trinajstić information content (AvgIpc) is 3.05. The molecule has 5 nitrogen and oxygen atoms in total. The summed E-state index contributed by atoms with van der Waals surface area (Å²) in [6, 6.07) is 4.77. The van der Waals surface area contributed by atoms with Crippen LogP contribution in [-0.2, 0) is 6.54 Å². The maximum atomic E-state index is 4.18. The largest absolute Gasteiger partial charge is 0.312 e. The fourth-order valence-corrected chi connectivity index (χ4v) is 3.33. The molecule has 2 aromatic rings.